The molecule has 8 heavy (non-hydrogen) atoms. The molecule has 49 valence electrons. The lowest BCUT2D eigenvalue weighted by Gasteiger charge is -2.06. The molecule has 0 aromatic carbocycles. The van der Waals surface area contributed by atoms with Gasteiger partial charge in [-0.15, -0.1) is 0 Å². The summed E-state index contributed by atoms with van der Waals surface area (Å²) < 4.78 is 13.9. The average molecular weight is 139 g/mol. The van der Waals surface area contributed by atoms with Crippen molar-refractivity contribution in [1.29, 1.82) is 0 Å². The quantitative estimate of drug-likeness (QED) is 0.540. The lowest BCUT2D eigenvalue weighted by molar-refractivity contribution is 0.170. The third-order valence-corrected chi connectivity index (χ3v) is 0.952. The molecule has 0 heterocycles. The largest absolute Gasteiger partial charge is 0.469 e. The van der Waals surface area contributed by atoms with Gasteiger partial charge in [-0.2, -0.15) is 0 Å². The SMILES string of the molecule is [CH2]C(C)OP(=O)(O)O. The van der Waals surface area contributed by atoms with Gasteiger partial charge in [-0.3, -0.25) is 4.52 Å². The Kier molecular flexibility index (Phi) is 2.63. The van der Waals surface area contributed by atoms with Crippen LogP contribution >= 0.6 is 7.82 Å². The summed E-state index contributed by atoms with van der Waals surface area (Å²) >= 11 is 0. The van der Waals surface area contributed by atoms with Gasteiger partial charge in [0.05, 0.1) is 6.10 Å². The molecule has 0 rings (SSSR count). The van der Waals surface area contributed by atoms with Crippen LogP contribution in [0.4, 0.5) is 0 Å². The maximum atomic E-state index is 9.87. The van der Waals surface area contributed by atoms with Crippen molar-refractivity contribution in [1.82, 2.24) is 0 Å². The zero-order chi connectivity index (χ0) is 6.78. The Labute approximate surface area is 47.7 Å². The molecule has 0 spiro atoms. The summed E-state index contributed by atoms with van der Waals surface area (Å²) in [6.45, 7) is 4.65. The highest BCUT2D eigenvalue weighted by molar-refractivity contribution is 7.46. The lowest BCUT2D eigenvalue weighted by Crippen LogP contribution is -1.99. The average Bonchev–Trinajstić information content (AvgIpc) is 1.21. The van der Waals surface area contributed by atoms with Crippen molar-refractivity contribution < 1.29 is 18.9 Å². The summed E-state index contributed by atoms with van der Waals surface area (Å²) in [6, 6.07) is 0. The molecule has 1 radical (unpaired) electrons. The molecule has 0 aliphatic heterocycles. The Bertz CT molecular complexity index is 104. The normalized spacial score (nSPS) is 12.6. The fourth-order valence-corrected chi connectivity index (χ4v) is 0.703. The van der Waals surface area contributed by atoms with Crippen LogP contribution < -0.4 is 0 Å². The van der Waals surface area contributed by atoms with E-state index in [1.54, 1.807) is 0 Å². The number of phosphoric acid groups is 1. The van der Waals surface area contributed by atoms with E-state index in [9.17, 15) is 4.57 Å². The molecule has 0 aliphatic rings. The van der Waals surface area contributed by atoms with Crippen LogP contribution in [-0.4, -0.2) is 15.9 Å². The van der Waals surface area contributed by atoms with Crippen LogP contribution in [0.5, 0.6) is 0 Å². The first kappa shape index (κ1) is 8.11. The van der Waals surface area contributed by atoms with Crippen LogP contribution in [0.3, 0.4) is 0 Å². The van der Waals surface area contributed by atoms with Crippen molar-refractivity contribution >= 4 is 7.82 Å². The number of rotatable bonds is 2. The van der Waals surface area contributed by atoms with Crippen LogP contribution in [0.25, 0.3) is 0 Å². The van der Waals surface area contributed by atoms with Gasteiger partial charge in [-0.1, -0.05) is 0 Å². The highest BCUT2D eigenvalue weighted by Gasteiger charge is 2.14. The van der Waals surface area contributed by atoms with Crippen LogP contribution in [0.1, 0.15) is 6.92 Å². The molecule has 0 amide bonds. The van der Waals surface area contributed by atoms with Gasteiger partial charge in [0.1, 0.15) is 0 Å². The third kappa shape index (κ3) is 6.11. The van der Waals surface area contributed by atoms with Crippen molar-refractivity contribution in [3.8, 4) is 0 Å². The zero-order valence-corrected chi connectivity index (χ0v) is 5.34. The molecule has 1 unspecified atom stereocenters. The predicted octanol–water partition coefficient (Wildman–Crippen LogP) is 0.318. The van der Waals surface area contributed by atoms with E-state index in [0.29, 0.717) is 0 Å². The molecule has 0 aromatic heterocycles. The molecule has 0 bridgehead atoms. The molecule has 2 N–H and O–H groups in total. The van der Waals surface area contributed by atoms with Gasteiger partial charge in [-0.25, -0.2) is 4.57 Å². The van der Waals surface area contributed by atoms with Gasteiger partial charge < -0.3 is 9.79 Å². The Morgan fingerprint density at radius 1 is 1.75 bits per heavy atom. The van der Waals surface area contributed by atoms with Crippen molar-refractivity contribution in [3.05, 3.63) is 6.92 Å². The molecule has 0 saturated heterocycles. The van der Waals surface area contributed by atoms with Crippen LogP contribution in [0, 0.1) is 6.92 Å². The zero-order valence-electron chi connectivity index (χ0n) is 4.44. The minimum Gasteiger partial charge on any atom is -0.303 e. The molecule has 0 saturated carbocycles. The fraction of sp³-hybridized carbons (Fsp3) is 0.667. The molecular weight excluding hydrogens is 131 g/mol. The monoisotopic (exact) mass is 139 g/mol. The minimum absolute atomic E-state index is 0.671. The van der Waals surface area contributed by atoms with Crippen LogP contribution in [0.15, 0.2) is 0 Å². The van der Waals surface area contributed by atoms with Crippen LogP contribution in [0.2, 0.25) is 0 Å². The first-order valence-electron chi connectivity index (χ1n) is 1.99. The number of hydrogen-bond acceptors (Lipinski definition) is 2. The van der Waals surface area contributed by atoms with E-state index >= 15 is 0 Å². The Morgan fingerprint density at radius 2 is 2.12 bits per heavy atom. The smallest absolute Gasteiger partial charge is 0.303 e. The summed E-state index contributed by atoms with van der Waals surface area (Å²) in [5, 5.41) is 0. The fourth-order valence-electron chi connectivity index (χ4n) is 0.234. The van der Waals surface area contributed by atoms with E-state index in [4.69, 9.17) is 9.79 Å². The maximum Gasteiger partial charge on any atom is 0.469 e. The first-order valence-corrected chi connectivity index (χ1v) is 3.52. The van der Waals surface area contributed by atoms with Crippen molar-refractivity contribution in [2.45, 2.75) is 13.0 Å². The Morgan fingerprint density at radius 3 is 2.12 bits per heavy atom. The third-order valence-electron chi connectivity index (χ3n) is 0.317. The van der Waals surface area contributed by atoms with Gasteiger partial charge in [-0.05, 0) is 13.8 Å². The summed E-state index contributed by atoms with van der Waals surface area (Å²) in [4.78, 5) is 16.1. The molecule has 0 aromatic rings. The highest BCUT2D eigenvalue weighted by atomic mass is 31.2. The molecule has 1 atom stereocenters. The second-order valence-electron chi connectivity index (χ2n) is 1.41. The van der Waals surface area contributed by atoms with Gasteiger partial charge >= 0.3 is 7.82 Å². The summed E-state index contributed by atoms with van der Waals surface area (Å²) in [5.74, 6) is 0. The molecular formula is C3H8O4P. The van der Waals surface area contributed by atoms with E-state index in [1.165, 1.54) is 6.92 Å². The van der Waals surface area contributed by atoms with Crippen LogP contribution in [-0.2, 0) is 9.09 Å². The predicted molar refractivity (Wildman–Crippen MR) is 27.9 cm³/mol. The topological polar surface area (TPSA) is 66.8 Å². The highest BCUT2D eigenvalue weighted by Crippen LogP contribution is 2.36. The van der Waals surface area contributed by atoms with Gasteiger partial charge in [0.15, 0.2) is 0 Å². The van der Waals surface area contributed by atoms with E-state index in [2.05, 4.69) is 11.4 Å². The Balaban J connectivity index is 3.56. The van der Waals surface area contributed by atoms with Gasteiger partial charge in [0.2, 0.25) is 0 Å². The maximum absolute atomic E-state index is 9.87. The Hall–Kier alpha value is 0.110. The number of phosphoric ester groups is 1. The van der Waals surface area contributed by atoms with E-state index < -0.39 is 13.9 Å². The summed E-state index contributed by atoms with van der Waals surface area (Å²) in [7, 11) is -4.28. The van der Waals surface area contributed by atoms with Crippen molar-refractivity contribution in [2.75, 3.05) is 0 Å². The van der Waals surface area contributed by atoms with Crippen molar-refractivity contribution in [2.24, 2.45) is 0 Å². The second kappa shape index (κ2) is 2.60. The molecule has 0 fully saturated rings. The van der Waals surface area contributed by atoms with E-state index in [1.807, 2.05) is 0 Å². The lowest BCUT2D eigenvalue weighted by atomic mass is 10.5. The van der Waals surface area contributed by atoms with E-state index in [-0.39, 0.29) is 0 Å². The molecule has 4 nitrogen and oxygen atoms in total. The standard InChI is InChI=1S/C3H8O4P/c1-3(2)7-8(4,5)6/h3H,1H2,2H3,(H2,4,5,6). The van der Waals surface area contributed by atoms with Crippen molar-refractivity contribution in [3.63, 3.8) is 0 Å². The molecule has 0 aliphatic carbocycles. The second-order valence-corrected chi connectivity index (χ2v) is 2.60. The summed E-state index contributed by atoms with van der Waals surface area (Å²) in [6.07, 6.45) is -0.671. The minimum atomic E-state index is -4.28. The summed E-state index contributed by atoms with van der Waals surface area (Å²) in [5.41, 5.74) is 0. The molecule has 5 heteroatoms. The van der Waals surface area contributed by atoms with E-state index in [0.717, 1.165) is 0 Å². The number of hydrogen-bond donors (Lipinski definition) is 2. The van der Waals surface area contributed by atoms with Gasteiger partial charge in [0.25, 0.3) is 0 Å². The van der Waals surface area contributed by atoms with Gasteiger partial charge in [0, 0.05) is 0 Å². The first-order chi connectivity index (χ1) is 3.42.